The van der Waals surface area contributed by atoms with Gasteiger partial charge in [-0.05, 0) is 35.9 Å². The molecule has 11 heteroatoms. The van der Waals surface area contributed by atoms with Crippen LogP contribution in [0.15, 0.2) is 42.5 Å². The van der Waals surface area contributed by atoms with Crippen LogP contribution >= 0.6 is 0 Å². The molecule has 0 aliphatic carbocycles. The normalized spacial score (nSPS) is 13.1. The molecule has 2 N–H and O–H groups in total. The molecule has 0 heterocycles. The molecule has 2 rings (SSSR count). The average Bonchev–Trinajstić information content (AvgIpc) is 2.53. The van der Waals surface area contributed by atoms with Crippen molar-refractivity contribution in [2.75, 3.05) is 11.0 Å². The van der Waals surface area contributed by atoms with E-state index in [-0.39, 0.29) is 0 Å². The lowest BCUT2D eigenvalue weighted by Gasteiger charge is -2.22. The van der Waals surface area contributed by atoms with Crippen molar-refractivity contribution in [1.82, 2.24) is 5.32 Å². The fourth-order valence-electron chi connectivity index (χ4n) is 2.17. The zero-order valence-corrected chi connectivity index (χ0v) is 14.5. The van der Waals surface area contributed by atoms with Crippen LogP contribution in [0, 0.1) is 11.6 Å². The first-order valence-corrected chi connectivity index (χ1v) is 9.16. The first kappa shape index (κ1) is 20.6. The minimum absolute atomic E-state index is 0.404. The Kier molecular flexibility index (Phi) is 5.73. The van der Waals surface area contributed by atoms with Crippen LogP contribution in [-0.2, 0) is 10.0 Å². The highest BCUT2D eigenvalue weighted by Crippen LogP contribution is 2.33. The number of nitrogens with one attached hydrogen (secondary N) is 2. The Hall–Kier alpha value is -2.69. The van der Waals surface area contributed by atoms with Gasteiger partial charge in [0.25, 0.3) is 5.91 Å². The second-order valence-corrected chi connectivity index (χ2v) is 7.32. The summed E-state index contributed by atoms with van der Waals surface area (Å²) in [6, 6.07) is 3.33. The number of alkyl halides is 3. The van der Waals surface area contributed by atoms with Gasteiger partial charge in [-0.2, -0.15) is 13.2 Å². The summed E-state index contributed by atoms with van der Waals surface area (Å²) < 4.78 is 90.7. The number of rotatable bonds is 5. The van der Waals surface area contributed by atoms with Crippen molar-refractivity contribution in [3.05, 3.63) is 65.2 Å². The predicted molar refractivity (Wildman–Crippen MR) is 87.5 cm³/mol. The van der Waals surface area contributed by atoms with Gasteiger partial charge in [0.05, 0.1) is 11.9 Å². The fourth-order valence-corrected chi connectivity index (χ4v) is 2.72. The van der Waals surface area contributed by atoms with E-state index in [0.29, 0.717) is 0 Å². The van der Waals surface area contributed by atoms with Crippen LogP contribution in [0.3, 0.4) is 0 Å². The molecule has 0 radical (unpaired) electrons. The smallest absolute Gasteiger partial charge is 0.337 e. The molecule has 2 aromatic carbocycles. The van der Waals surface area contributed by atoms with Gasteiger partial charge in [-0.25, -0.2) is 17.2 Å². The number of carbonyl (C=O) groups excluding carboxylic acids is 1. The number of anilines is 1. The van der Waals surface area contributed by atoms with Crippen molar-refractivity contribution in [3.8, 4) is 0 Å². The number of amides is 1. The summed E-state index contributed by atoms with van der Waals surface area (Å²) in [5, 5.41) is 1.73. The zero-order valence-electron chi connectivity index (χ0n) is 13.6. The van der Waals surface area contributed by atoms with Crippen LogP contribution in [0.4, 0.5) is 27.6 Å². The monoisotopic (exact) mass is 408 g/mol. The molecule has 1 atom stereocenters. The van der Waals surface area contributed by atoms with Crippen LogP contribution in [0.2, 0.25) is 0 Å². The SMILES string of the molecule is CS(=O)(=O)Nc1cc(C(=O)NC(c2ccc(F)cc2)C(F)(F)F)ccc1F. The van der Waals surface area contributed by atoms with Crippen LogP contribution in [-0.4, -0.2) is 26.8 Å². The van der Waals surface area contributed by atoms with Crippen molar-refractivity contribution >= 4 is 21.6 Å². The van der Waals surface area contributed by atoms with E-state index in [1.54, 1.807) is 5.32 Å². The quantitative estimate of drug-likeness (QED) is 0.745. The lowest BCUT2D eigenvalue weighted by Crippen LogP contribution is -2.38. The van der Waals surface area contributed by atoms with Crippen molar-refractivity contribution in [3.63, 3.8) is 0 Å². The molecule has 0 bridgehead atoms. The number of benzene rings is 2. The molecule has 0 spiro atoms. The molecule has 0 aliphatic rings. The molecule has 0 saturated carbocycles. The van der Waals surface area contributed by atoms with Gasteiger partial charge in [0, 0.05) is 5.56 Å². The van der Waals surface area contributed by atoms with E-state index >= 15 is 0 Å². The van der Waals surface area contributed by atoms with E-state index in [2.05, 4.69) is 0 Å². The van der Waals surface area contributed by atoms with Gasteiger partial charge in [-0.3, -0.25) is 9.52 Å². The molecule has 1 amide bonds. The number of hydrogen-bond donors (Lipinski definition) is 2. The third-order valence-corrected chi connectivity index (χ3v) is 3.92. The van der Waals surface area contributed by atoms with Crippen LogP contribution in [0.1, 0.15) is 22.0 Å². The van der Waals surface area contributed by atoms with E-state index in [1.165, 1.54) is 0 Å². The number of hydrogen-bond acceptors (Lipinski definition) is 3. The number of halogens is 5. The van der Waals surface area contributed by atoms with Crippen LogP contribution in [0.5, 0.6) is 0 Å². The van der Waals surface area contributed by atoms with Gasteiger partial charge in [0.2, 0.25) is 10.0 Å². The van der Waals surface area contributed by atoms with E-state index in [0.717, 1.165) is 48.7 Å². The molecular formula is C16H13F5N2O3S. The maximum absolute atomic E-state index is 13.6. The van der Waals surface area contributed by atoms with Crippen LogP contribution in [0.25, 0.3) is 0 Å². The van der Waals surface area contributed by atoms with Crippen molar-refractivity contribution < 1.29 is 35.2 Å². The minimum Gasteiger partial charge on any atom is -0.337 e. The van der Waals surface area contributed by atoms with E-state index < -0.39 is 56.6 Å². The summed E-state index contributed by atoms with van der Waals surface area (Å²) in [5.74, 6) is -2.98. The Morgan fingerprint density at radius 2 is 1.63 bits per heavy atom. The maximum atomic E-state index is 13.6. The van der Waals surface area contributed by atoms with Gasteiger partial charge in [0.15, 0.2) is 6.04 Å². The largest absolute Gasteiger partial charge is 0.412 e. The molecule has 1 unspecified atom stereocenters. The Bertz CT molecular complexity index is 944. The molecule has 27 heavy (non-hydrogen) atoms. The third-order valence-electron chi connectivity index (χ3n) is 3.33. The standard InChI is InChI=1S/C16H13F5N2O3S/c1-27(25,26)23-13-8-10(4-7-12(13)18)15(24)22-14(16(19,20)21)9-2-5-11(17)6-3-9/h2-8,14,23H,1H3,(H,22,24). The fraction of sp³-hybridized carbons (Fsp3) is 0.188. The molecule has 5 nitrogen and oxygen atoms in total. The van der Waals surface area contributed by atoms with E-state index in [1.807, 2.05) is 4.72 Å². The minimum atomic E-state index is -4.89. The van der Waals surface area contributed by atoms with E-state index in [4.69, 9.17) is 0 Å². The average molecular weight is 408 g/mol. The molecule has 0 aliphatic heterocycles. The Morgan fingerprint density at radius 1 is 1.04 bits per heavy atom. The maximum Gasteiger partial charge on any atom is 0.412 e. The third kappa shape index (κ3) is 5.64. The van der Waals surface area contributed by atoms with Gasteiger partial charge in [-0.1, -0.05) is 12.1 Å². The highest BCUT2D eigenvalue weighted by atomic mass is 32.2. The van der Waals surface area contributed by atoms with Gasteiger partial charge < -0.3 is 5.32 Å². The zero-order chi connectivity index (χ0) is 20.4. The second kappa shape index (κ2) is 7.51. The molecule has 0 fully saturated rings. The summed E-state index contributed by atoms with van der Waals surface area (Å²) >= 11 is 0. The lowest BCUT2D eigenvalue weighted by atomic mass is 10.1. The number of carbonyl (C=O) groups is 1. The highest BCUT2D eigenvalue weighted by Gasteiger charge is 2.42. The van der Waals surface area contributed by atoms with E-state index in [9.17, 15) is 35.2 Å². The first-order valence-electron chi connectivity index (χ1n) is 7.27. The van der Waals surface area contributed by atoms with Crippen molar-refractivity contribution in [2.24, 2.45) is 0 Å². The van der Waals surface area contributed by atoms with Gasteiger partial charge in [-0.15, -0.1) is 0 Å². The first-order chi connectivity index (χ1) is 12.4. The predicted octanol–water partition coefficient (Wildman–Crippen LogP) is 3.37. The van der Waals surface area contributed by atoms with Crippen molar-refractivity contribution in [1.29, 1.82) is 0 Å². The summed E-state index contributed by atoms with van der Waals surface area (Å²) in [6.45, 7) is 0. The topological polar surface area (TPSA) is 75.3 Å². The Morgan fingerprint density at radius 3 is 2.15 bits per heavy atom. The van der Waals surface area contributed by atoms with Gasteiger partial charge in [0.1, 0.15) is 11.6 Å². The number of sulfonamides is 1. The summed E-state index contributed by atoms with van der Waals surface area (Å²) in [5.41, 5.74) is -1.40. The molecule has 146 valence electrons. The molecule has 0 saturated heterocycles. The molecule has 0 aromatic heterocycles. The Labute approximate surface area is 151 Å². The molecule has 2 aromatic rings. The lowest BCUT2D eigenvalue weighted by molar-refractivity contribution is -0.155. The summed E-state index contributed by atoms with van der Waals surface area (Å²) in [4.78, 5) is 12.2. The van der Waals surface area contributed by atoms with Crippen LogP contribution < -0.4 is 10.0 Å². The Balaban J connectivity index is 2.33. The molecular weight excluding hydrogens is 395 g/mol. The van der Waals surface area contributed by atoms with Crippen molar-refractivity contribution in [2.45, 2.75) is 12.2 Å². The second-order valence-electron chi connectivity index (χ2n) is 5.57. The summed E-state index contributed by atoms with van der Waals surface area (Å²) in [7, 11) is -3.87. The highest BCUT2D eigenvalue weighted by molar-refractivity contribution is 7.92. The van der Waals surface area contributed by atoms with Gasteiger partial charge >= 0.3 is 6.18 Å². The summed E-state index contributed by atoms with van der Waals surface area (Å²) in [6.07, 6.45) is -4.14.